The van der Waals surface area contributed by atoms with Gasteiger partial charge in [0.05, 0.1) is 17.1 Å². The summed E-state index contributed by atoms with van der Waals surface area (Å²) in [7, 11) is 0. The second kappa shape index (κ2) is 9.05. The van der Waals surface area contributed by atoms with Crippen LogP contribution in [0.15, 0.2) is 109 Å². The Morgan fingerprint density at radius 2 is 1.48 bits per heavy atom. The van der Waals surface area contributed by atoms with Crippen molar-refractivity contribution in [1.29, 1.82) is 0 Å². The molecule has 0 saturated carbocycles. The molecular formula is C29H25N3O. The monoisotopic (exact) mass is 431 g/mol. The molecule has 5 rings (SSSR count). The minimum absolute atomic E-state index is 0.544. The van der Waals surface area contributed by atoms with Crippen LogP contribution in [-0.2, 0) is 6.61 Å². The second-order valence-corrected chi connectivity index (χ2v) is 8.09. The number of nitrogen functional groups attached to an aromatic ring is 1. The summed E-state index contributed by atoms with van der Waals surface area (Å²) in [5, 5.41) is 4.94. The van der Waals surface area contributed by atoms with E-state index in [1.54, 1.807) is 0 Å². The molecule has 4 nitrogen and oxygen atoms in total. The zero-order chi connectivity index (χ0) is 22.6. The average Bonchev–Trinajstić information content (AvgIpc) is 3.30. The zero-order valence-corrected chi connectivity index (χ0v) is 18.5. The zero-order valence-electron chi connectivity index (χ0n) is 18.5. The lowest BCUT2D eigenvalue weighted by Crippen LogP contribution is -2.00. The third-order valence-corrected chi connectivity index (χ3v) is 5.56. The van der Waals surface area contributed by atoms with Gasteiger partial charge in [-0.2, -0.15) is 5.10 Å². The number of hydrogen-bond acceptors (Lipinski definition) is 3. The number of aromatic nitrogens is 2. The third-order valence-electron chi connectivity index (χ3n) is 5.56. The molecule has 0 aliphatic carbocycles. The molecule has 33 heavy (non-hydrogen) atoms. The van der Waals surface area contributed by atoms with Crippen LogP contribution in [0.4, 0.5) is 5.69 Å². The smallest absolute Gasteiger partial charge is 0.119 e. The van der Waals surface area contributed by atoms with Crippen molar-refractivity contribution in [1.82, 2.24) is 9.78 Å². The molecule has 0 aliphatic heterocycles. The summed E-state index contributed by atoms with van der Waals surface area (Å²) in [6.45, 7) is 2.63. The van der Waals surface area contributed by atoms with E-state index < -0.39 is 0 Å². The van der Waals surface area contributed by atoms with Crippen molar-refractivity contribution in [2.75, 3.05) is 5.73 Å². The Morgan fingerprint density at radius 3 is 2.21 bits per heavy atom. The first kappa shape index (κ1) is 20.6. The van der Waals surface area contributed by atoms with Crippen LogP contribution in [0.3, 0.4) is 0 Å². The molecule has 4 heteroatoms. The highest BCUT2D eigenvalue weighted by atomic mass is 16.5. The average molecular weight is 432 g/mol. The fraction of sp³-hybridized carbons (Fsp3) is 0.0690. The molecule has 1 heterocycles. The van der Waals surface area contributed by atoms with Crippen molar-refractivity contribution in [2.24, 2.45) is 0 Å². The topological polar surface area (TPSA) is 53.1 Å². The van der Waals surface area contributed by atoms with E-state index in [0.717, 1.165) is 45.2 Å². The van der Waals surface area contributed by atoms with E-state index in [1.807, 2.05) is 59.3 Å². The van der Waals surface area contributed by atoms with Crippen LogP contribution in [0.2, 0.25) is 0 Å². The van der Waals surface area contributed by atoms with Gasteiger partial charge in [0.25, 0.3) is 0 Å². The van der Waals surface area contributed by atoms with Gasteiger partial charge in [0.1, 0.15) is 12.4 Å². The first-order valence-electron chi connectivity index (χ1n) is 11.0. The Bertz CT molecular complexity index is 1350. The minimum atomic E-state index is 0.544. The Balaban J connectivity index is 1.48. The van der Waals surface area contributed by atoms with Gasteiger partial charge in [-0.1, -0.05) is 54.6 Å². The van der Waals surface area contributed by atoms with Gasteiger partial charge in [0, 0.05) is 16.8 Å². The molecule has 0 radical (unpaired) electrons. The number of anilines is 1. The molecule has 0 fully saturated rings. The molecule has 0 amide bonds. The Kier molecular flexibility index (Phi) is 5.64. The van der Waals surface area contributed by atoms with Gasteiger partial charge in [-0.05, 0) is 72.6 Å². The summed E-state index contributed by atoms with van der Waals surface area (Å²) in [5.74, 6) is 0.836. The standard InChI is InChI=1S/C29H25N3O/c1-21-6-5-9-26(18-21)32-29(19-28(31-32)23-10-14-25(30)15-11-23)24-12-16-27(17-13-24)33-20-22-7-3-2-4-8-22/h2-19H,20,30H2,1H3. The summed E-state index contributed by atoms with van der Waals surface area (Å²) >= 11 is 0. The van der Waals surface area contributed by atoms with E-state index in [9.17, 15) is 0 Å². The van der Waals surface area contributed by atoms with Crippen LogP contribution >= 0.6 is 0 Å². The molecule has 2 N–H and O–H groups in total. The van der Waals surface area contributed by atoms with Crippen molar-refractivity contribution < 1.29 is 4.74 Å². The summed E-state index contributed by atoms with van der Waals surface area (Å²) in [6.07, 6.45) is 0. The van der Waals surface area contributed by atoms with E-state index in [-0.39, 0.29) is 0 Å². The Hall–Kier alpha value is -4.31. The maximum absolute atomic E-state index is 5.96. The van der Waals surface area contributed by atoms with E-state index in [2.05, 4.69) is 61.5 Å². The predicted octanol–water partition coefficient (Wildman–Crippen LogP) is 6.68. The fourth-order valence-electron chi connectivity index (χ4n) is 3.80. The van der Waals surface area contributed by atoms with Gasteiger partial charge >= 0.3 is 0 Å². The van der Waals surface area contributed by atoms with Crippen LogP contribution in [-0.4, -0.2) is 9.78 Å². The molecule has 0 saturated heterocycles. The minimum Gasteiger partial charge on any atom is -0.489 e. The van der Waals surface area contributed by atoms with Crippen molar-refractivity contribution in [2.45, 2.75) is 13.5 Å². The number of hydrogen-bond donors (Lipinski definition) is 1. The van der Waals surface area contributed by atoms with E-state index >= 15 is 0 Å². The Morgan fingerprint density at radius 1 is 0.758 bits per heavy atom. The lowest BCUT2D eigenvalue weighted by Gasteiger charge is -2.10. The first-order chi connectivity index (χ1) is 16.2. The lowest BCUT2D eigenvalue weighted by atomic mass is 10.1. The van der Waals surface area contributed by atoms with Gasteiger partial charge < -0.3 is 10.5 Å². The van der Waals surface area contributed by atoms with Crippen LogP contribution in [0.25, 0.3) is 28.2 Å². The fourth-order valence-corrected chi connectivity index (χ4v) is 3.80. The van der Waals surface area contributed by atoms with E-state index in [1.165, 1.54) is 5.56 Å². The van der Waals surface area contributed by atoms with Gasteiger partial charge in [-0.15, -0.1) is 0 Å². The van der Waals surface area contributed by atoms with Crippen LogP contribution in [0.5, 0.6) is 5.75 Å². The van der Waals surface area contributed by atoms with E-state index in [0.29, 0.717) is 6.61 Å². The number of aryl methyl sites for hydroxylation is 1. The normalized spacial score (nSPS) is 10.8. The first-order valence-corrected chi connectivity index (χ1v) is 11.0. The van der Waals surface area contributed by atoms with Crippen molar-refractivity contribution in [3.63, 3.8) is 0 Å². The SMILES string of the molecule is Cc1cccc(-n2nc(-c3ccc(N)cc3)cc2-c2ccc(OCc3ccccc3)cc2)c1. The molecule has 0 spiro atoms. The third kappa shape index (κ3) is 4.65. The molecule has 5 aromatic rings. The Labute approximate surface area is 193 Å². The maximum atomic E-state index is 5.96. The van der Waals surface area contributed by atoms with Gasteiger partial charge in [-0.25, -0.2) is 4.68 Å². The molecule has 1 aromatic heterocycles. The van der Waals surface area contributed by atoms with Crippen molar-refractivity contribution >= 4 is 5.69 Å². The number of nitrogens with two attached hydrogens (primary N) is 1. The molecular weight excluding hydrogens is 406 g/mol. The highest BCUT2D eigenvalue weighted by Crippen LogP contribution is 2.30. The number of ether oxygens (including phenoxy) is 1. The second-order valence-electron chi connectivity index (χ2n) is 8.09. The van der Waals surface area contributed by atoms with Crippen LogP contribution in [0, 0.1) is 6.92 Å². The van der Waals surface area contributed by atoms with Crippen molar-refractivity contribution in [3.05, 3.63) is 120 Å². The predicted molar refractivity (Wildman–Crippen MR) is 134 cm³/mol. The maximum Gasteiger partial charge on any atom is 0.119 e. The van der Waals surface area contributed by atoms with Gasteiger partial charge in [0.15, 0.2) is 0 Å². The van der Waals surface area contributed by atoms with Crippen LogP contribution < -0.4 is 10.5 Å². The van der Waals surface area contributed by atoms with Crippen LogP contribution in [0.1, 0.15) is 11.1 Å². The summed E-state index contributed by atoms with van der Waals surface area (Å²) in [6, 6.07) is 36.6. The molecule has 162 valence electrons. The number of benzene rings is 4. The van der Waals surface area contributed by atoms with Gasteiger partial charge in [0.2, 0.25) is 0 Å². The van der Waals surface area contributed by atoms with Gasteiger partial charge in [-0.3, -0.25) is 0 Å². The molecule has 0 bridgehead atoms. The molecule has 0 atom stereocenters. The quantitative estimate of drug-likeness (QED) is 0.305. The summed E-state index contributed by atoms with van der Waals surface area (Å²) in [4.78, 5) is 0. The summed E-state index contributed by atoms with van der Waals surface area (Å²) < 4.78 is 7.96. The largest absolute Gasteiger partial charge is 0.489 e. The molecule has 4 aromatic carbocycles. The molecule has 0 aliphatic rings. The van der Waals surface area contributed by atoms with E-state index in [4.69, 9.17) is 15.6 Å². The highest BCUT2D eigenvalue weighted by Gasteiger charge is 2.14. The van der Waals surface area contributed by atoms with Crippen molar-refractivity contribution in [3.8, 4) is 34.0 Å². The lowest BCUT2D eigenvalue weighted by molar-refractivity contribution is 0.306. The number of nitrogens with zero attached hydrogens (tertiary/aromatic N) is 2. The summed E-state index contributed by atoms with van der Waals surface area (Å²) in [5.41, 5.74) is 14.0. The highest BCUT2D eigenvalue weighted by molar-refractivity contribution is 5.71. The number of rotatable bonds is 6. The molecule has 0 unspecified atom stereocenters.